The highest BCUT2D eigenvalue weighted by Gasteiger charge is 2.75. The Balaban J connectivity index is 1.35. The van der Waals surface area contributed by atoms with Gasteiger partial charge in [-0.1, -0.05) is 68.1 Å². The number of rotatable bonds is 6. The Morgan fingerprint density at radius 1 is 1.23 bits per heavy atom. The van der Waals surface area contributed by atoms with Crippen LogP contribution in [0.15, 0.2) is 46.9 Å². The van der Waals surface area contributed by atoms with Crippen molar-refractivity contribution in [2.45, 2.75) is 88.3 Å². The number of allylic oxidation sites excluding steroid dienone is 4. The molecule has 5 unspecified atom stereocenters. The second-order valence-electron chi connectivity index (χ2n) is 12.4. The summed E-state index contributed by atoms with van der Waals surface area (Å²) in [4.78, 5) is 27.2. The quantitative estimate of drug-likeness (QED) is 0.366. The van der Waals surface area contributed by atoms with Crippen molar-refractivity contribution < 1.29 is 24.2 Å². The van der Waals surface area contributed by atoms with Crippen LogP contribution >= 0.6 is 35.0 Å². The zero-order valence-electron chi connectivity index (χ0n) is 22.6. The Morgan fingerprint density at radius 3 is 2.69 bits per heavy atom. The lowest BCUT2D eigenvalue weighted by atomic mass is 9.46. The number of carbonyl (C=O) groups is 2. The van der Waals surface area contributed by atoms with Crippen LogP contribution in [0.5, 0.6) is 0 Å². The molecule has 1 saturated heterocycles. The molecule has 9 atom stereocenters. The number of Topliss-reactive ketones (excluding diaryl/α,β-unsaturated/α-hetero) is 1. The van der Waals surface area contributed by atoms with Crippen LogP contribution in [0.1, 0.15) is 59.3 Å². The first-order chi connectivity index (χ1) is 18.5. The highest BCUT2D eigenvalue weighted by molar-refractivity contribution is 8.00. The molecule has 1 aromatic rings. The van der Waals surface area contributed by atoms with E-state index in [2.05, 4.69) is 20.8 Å². The van der Waals surface area contributed by atoms with E-state index in [-0.39, 0.29) is 46.6 Å². The minimum atomic E-state index is -1.14. The zero-order chi connectivity index (χ0) is 27.7. The maximum Gasteiger partial charge on any atom is 0.178 e. The molecule has 39 heavy (non-hydrogen) atoms. The van der Waals surface area contributed by atoms with Crippen molar-refractivity contribution in [3.63, 3.8) is 0 Å². The minimum Gasteiger partial charge on any atom is -0.393 e. The van der Waals surface area contributed by atoms with Crippen molar-refractivity contribution in [1.29, 1.82) is 0 Å². The highest BCUT2D eigenvalue weighted by atomic mass is 35.5. The van der Waals surface area contributed by atoms with Crippen LogP contribution in [-0.2, 0) is 19.1 Å². The third kappa shape index (κ3) is 4.07. The molecule has 0 radical (unpaired) electrons. The van der Waals surface area contributed by atoms with Crippen LogP contribution in [-0.4, -0.2) is 46.5 Å². The van der Waals surface area contributed by atoms with Gasteiger partial charge in [-0.3, -0.25) is 9.59 Å². The first-order valence-electron chi connectivity index (χ1n) is 14.1. The van der Waals surface area contributed by atoms with Crippen molar-refractivity contribution in [2.75, 3.05) is 5.75 Å². The lowest BCUT2D eigenvalue weighted by molar-refractivity contribution is -0.197. The average molecular weight is 592 g/mol. The topological polar surface area (TPSA) is 72.8 Å². The molecular formula is C31H36Cl2O5S. The summed E-state index contributed by atoms with van der Waals surface area (Å²) in [6, 6.07) is 5.34. The molecular weight excluding hydrogens is 555 g/mol. The maximum atomic E-state index is 14.4. The van der Waals surface area contributed by atoms with Gasteiger partial charge >= 0.3 is 0 Å². The first kappa shape index (κ1) is 28.0. The monoisotopic (exact) mass is 590 g/mol. The van der Waals surface area contributed by atoms with E-state index >= 15 is 0 Å². The molecule has 1 heterocycles. The lowest BCUT2D eigenvalue weighted by Crippen LogP contribution is -2.63. The number of halogens is 2. The number of ether oxygens (including phenoxy) is 2. The van der Waals surface area contributed by atoms with Gasteiger partial charge < -0.3 is 14.6 Å². The molecule has 3 saturated carbocycles. The van der Waals surface area contributed by atoms with Gasteiger partial charge in [-0.05, 0) is 68.2 Å². The van der Waals surface area contributed by atoms with E-state index in [1.807, 2.05) is 6.08 Å². The van der Waals surface area contributed by atoms with Crippen LogP contribution < -0.4 is 0 Å². The fraction of sp³-hybridized carbons (Fsp3) is 0.613. The Hall–Kier alpha value is -1.15. The van der Waals surface area contributed by atoms with Crippen LogP contribution in [0.3, 0.4) is 0 Å². The van der Waals surface area contributed by atoms with E-state index in [9.17, 15) is 14.7 Å². The molecule has 1 N–H and O–H groups in total. The summed E-state index contributed by atoms with van der Waals surface area (Å²) in [7, 11) is 0. The molecule has 0 spiro atoms. The Labute approximate surface area is 244 Å². The summed E-state index contributed by atoms with van der Waals surface area (Å²) in [5.74, 6) is 0.486. The molecule has 0 amide bonds. The molecule has 1 aromatic carbocycles. The highest BCUT2D eigenvalue weighted by Crippen LogP contribution is 2.70. The van der Waals surface area contributed by atoms with Gasteiger partial charge in [-0.2, -0.15) is 0 Å². The van der Waals surface area contributed by atoms with Gasteiger partial charge in [0.25, 0.3) is 0 Å². The average Bonchev–Trinajstić information content (AvgIpc) is 3.36. The van der Waals surface area contributed by atoms with Gasteiger partial charge in [-0.25, -0.2) is 0 Å². The van der Waals surface area contributed by atoms with Crippen LogP contribution in [0.25, 0.3) is 0 Å². The summed E-state index contributed by atoms with van der Waals surface area (Å²) >= 11 is 14.2. The SMILES string of the molecule is CCC[C@@H]1O[C@@H]2CC3C4CCC5=CC(=O)C=CC5(C)C4[C@@H](O)CC3(C)[C@]2(C(=O)CSc2c(Cl)cccc2Cl)O1. The second-order valence-corrected chi connectivity index (χ2v) is 14.2. The van der Waals surface area contributed by atoms with Crippen molar-refractivity contribution >= 4 is 46.5 Å². The molecule has 6 rings (SSSR count). The van der Waals surface area contributed by atoms with Crippen LogP contribution in [0, 0.1) is 28.6 Å². The maximum absolute atomic E-state index is 14.4. The zero-order valence-corrected chi connectivity index (χ0v) is 25.0. The van der Waals surface area contributed by atoms with Gasteiger partial charge in [0, 0.05) is 21.6 Å². The molecule has 0 bridgehead atoms. The van der Waals surface area contributed by atoms with E-state index in [4.69, 9.17) is 32.7 Å². The number of benzene rings is 1. The predicted octanol–water partition coefficient (Wildman–Crippen LogP) is 6.82. The van der Waals surface area contributed by atoms with Crippen molar-refractivity contribution in [3.8, 4) is 0 Å². The third-order valence-corrected chi connectivity index (χ3v) is 12.5. The van der Waals surface area contributed by atoms with Crippen LogP contribution in [0.2, 0.25) is 10.0 Å². The van der Waals surface area contributed by atoms with E-state index in [1.54, 1.807) is 30.4 Å². The fourth-order valence-corrected chi connectivity index (χ4v) is 10.5. The smallest absolute Gasteiger partial charge is 0.178 e. The Morgan fingerprint density at radius 2 is 1.97 bits per heavy atom. The summed E-state index contributed by atoms with van der Waals surface area (Å²) in [6.07, 6.45) is 8.48. The van der Waals surface area contributed by atoms with Crippen molar-refractivity contribution in [3.05, 3.63) is 52.0 Å². The summed E-state index contributed by atoms with van der Waals surface area (Å²) < 4.78 is 13.2. The summed E-state index contributed by atoms with van der Waals surface area (Å²) in [6.45, 7) is 6.39. The van der Waals surface area contributed by atoms with Gasteiger partial charge in [0.05, 0.1) is 28.0 Å². The number of aliphatic hydroxyl groups is 1. The third-order valence-electron chi connectivity index (χ3n) is 10.5. The molecule has 5 aliphatic rings. The molecule has 8 heteroatoms. The van der Waals surface area contributed by atoms with E-state index in [0.29, 0.717) is 21.4 Å². The van der Waals surface area contributed by atoms with Gasteiger partial charge in [0.1, 0.15) is 0 Å². The largest absolute Gasteiger partial charge is 0.393 e. The number of carbonyl (C=O) groups excluding carboxylic acids is 2. The van der Waals surface area contributed by atoms with Gasteiger partial charge in [0.2, 0.25) is 0 Å². The normalized spacial score (nSPS) is 42.4. The molecule has 0 aromatic heterocycles. The predicted molar refractivity (Wildman–Crippen MR) is 153 cm³/mol. The molecule has 4 aliphatic carbocycles. The number of thioether (sulfide) groups is 1. The minimum absolute atomic E-state index is 0.0198. The number of aliphatic hydroxyl groups excluding tert-OH is 1. The van der Waals surface area contributed by atoms with Crippen molar-refractivity contribution in [1.82, 2.24) is 0 Å². The first-order valence-corrected chi connectivity index (χ1v) is 15.8. The van der Waals surface area contributed by atoms with E-state index in [0.717, 1.165) is 37.7 Å². The number of ketones is 2. The summed E-state index contributed by atoms with van der Waals surface area (Å²) in [5, 5.41) is 12.9. The van der Waals surface area contributed by atoms with E-state index in [1.165, 1.54) is 11.8 Å². The Bertz CT molecular complexity index is 1240. The lowest BCUT2D eigenvalue weighted by Gasteiger charge is -2.59. The van der Waals surface area contributed by atoms with Gasteiger partial charge in [0.15, 0.2) is 23.5 Å². The van der Waals surface area contributed by atoms with Crippen molar-refractivity contribution in [2.24, 2.45) is 28.6 Å². The molecule has 4 fully saturated rings. The number of hydrogen-bond donors (Lipinski definition) is 1. The Kier molecular flexibility index (Phi) is 7.17. The number of fused-ring (bicyclic) bond motifs is 7. The van der Waals surface area contributed by atoms with Crippen LogP contribution in [0.4, 0.5) is 0 Å². The molecule has 210 valence electrons. The fourth-order valence-electron chi connectivity index (χ4n) is 8.87. The van der Waals surface area contributed by atoms with Gasteiger partial charge in [-0.15, -0.1) is 11.8 Å². The second kappa shape index (κ2) is 9.99. The molecule has 5 nitrogen and oxygen atoms in total. The summed E-state index contributed by atoms with van der Waals surface area (Å²) in [5.41, 5.74) is -0.977. The molecule has 1 aliphatic heterocycles. The van der Waals surface area contributed by atoms with E-state index < -0.39 is 23.4 Å². The number of hydrogen-bond acceptors (Lipinski definition) is 6. The standard InChI is InChI=1S/C31H36Cl2O5S/c1-4-6-26-37-25-14-20-19-10-9-17-13-18(34)11-12-29(17,2)27(19)23(35)15-30(20,3)31(25,38-26)24(36)16-39-28-21(32)7-5-8-22(28)33/h5,7-8,11-13,19-20,23,25-27,35H,4,6,9-10,14-16H2,1-3H3/t19?,20?,23-,25+,26+,27?,29?,30?,31+/m0/s1.